The lowest BCUT2D eigenvalue weighted by molar-refractivity contribution is -0.138. The monoisotopic (exact) mass is 275 g/mol. The van der Waals surface area contributed by atoms with Crippen LogP contribution in [0.5, 0.6) is 5.75 Å². The van der Waals surface area contributed by atoms with Gasteiger partial charge in [-0.2, -0.15) is 0 Å². The first-order chi connectivity index (χ1) is 9.62. The van der Waals surface area contributed by atoms with Crippen molar-refractivity contribution in [3.63, 3.8) is 0 Å². The molecule has 1 atom stereocenters. The van der Waals surface area contributed by atoms with Crippen molar-refractivity contribution in [1.29, 1.82) is 0 Å². The van der Waals surface area contributed by atoms with Gasteiger partial charge >= 0.3 is 0 Å². The lowest BCUT2D eigenvalue weighted by Gasteiger charge is -2.37. The summed E-state index contributed by atoms with van der Waals surface area (Å²) in [5, 5.41) is 0. The third-order valence-electron chi connectivity index (χ3n) is 4.51. The number of hydrogen-bond acceptors (Lipinski definition) is 2. The molecule has 1 aliphatic heterocycles. The van der Waals surface area contributed by atoms with Gasteiger partial charge in [-0.05, 0) is 49.4 Å². The van der Waals surface area contributed by atoms with Crippen molar-refractivity contribution in [2.24, 2.45) is 5.92 Å². The van der Waals surface area contributed by atoms with Gasteiger partial charge in [0.1, 0.15) is 5.75 Å². The number of rotatable bonds is 4. The Kier molecular flexibility index (Phi) is 4.69. The van der Waals surface area contributed by atoms with E-state index in [1.807, 2.05) is 11.0 Å². The fourth-order valence-electron chi connectivity index (χ4n) is 3.09. The minimum absolute atomic E-state index is 0.141. The van der Waals surface area contributed by atoms with Crippen LogP contribution in [0.15, 0.2) is 18.2 Å². The summed E-state index contributed by atoms with van der Waals surface area (Å²) in [6, 6.07) is 6.35. The van der Waals surface area contributed by atoms with Gasteiger partial charge in [0.25, 0.3) is 0 Å². The summed E-state index contributed by atoms with van der Waals surface area (Å²) in [4.78, 5) is 14.7. The van der Waals surface area contributed by atoms with Crippen LogP contribution in [0.4, 0.5) is 0 Å². The van der Waals surface area contributed by atoms with Crippen molar-refractivity contribution in [2.75, 3.05) is 13.7 Å². The Balaban J connectivity index is 2.26. The van der Waals surface area contributed by atoms with Gasteiger partial charge in [0.05, 0.1) is 13.2 Å². The number of carbonyl (C=O) groups excluding carboxylic acids is 1. The molecule has 0 radical (unpaired) electrons. The zero-order chi connectivity index (χ0) is 14.7. The average molecular weight is 275 g/mol. The van der Waals surface area contributed by atoms with Gasteiger partial charge in [-0.1, -0.05) is 19.9 Å². The second kappa shape index (κ2) is 6.29. The summed E-state index contributed by atoms with van der Waals surface area (Å²) in [5.74, 6) is 1.33. The summed E-state index contributed by atoms with van der Waals surface area (Å²) >= 11 is 0. The summed E-state index contributed by atoms with van der Waals surface area (Å²) in [5.41, 5.74) is 2.57. The number of benzene rings is 1. The van der Waals surface area contributed by atoms with Gasteiger partial charge < -0.3 is 9.64 Å². The molecular weight excluding hydrogens is 250 g/mol. The number of ether oxygens (including phenoxy) is 1. The van der Waals surface area contributed by atoms with Crippen molar-refractivity contribution >= 4 is 5.91 Å². The van der Waals surface area contributed by atoms with Crippen LogP contribution in [0.25, 0.3) is 0 Å². The van der Waals surface area contributed by atoms with Crippen molar-refractivity contribution in [1.82, 2.24) is 4.90 Å². The molecular formula is C17H25NO2. The van der Waals surface area contributed by atoms with Crippen LogP contribution in [-0.4, -0.2) is 24.5 Å². The van der Waals surface area contributed by atoms with E-state index in [1.165, 1.54) is 11.1 Å². The standard InChI is InChI=1S/C17H25NO2/c1-5-13(6-2)17(19)18-10-9-14-7-8-15(20-4)11-16(14)12(18)3/h7-8,11-13H,5-6,9-10H2,1-4H3. The largest absolute Gasteiger partial charge is 0.497 e. The first kappa shape index (κ1) is 14.9. The molecule has 0 aliphatic carbocycles. The summed E-state index contributed by atoms with van der Waals surface area (Å²) in [7, 11) is 1.68. The highest BCUT2D eigenvalue weighted by atomic mass is 16.5. The summed E-state index contributed by atoms with van der Waals surface area (Å²) in [6.45, 7) is 7.14. The lowest BCUT2D eigenvalue weighted by atomic mass is 9.91. The van der Waals surface area contributed by atoms with Crippen molar-refractivity contribution in [3.8, 4) is 5.75 Å². The first-order valence-electron chi connectivity index (χ1n) is 7.59. The molecule has 0 N–H and O–H groups in total. The van der Waals surface area contributed by atoms with Crippen LogP contribution >= 0.6 is 0 Å². The van der Waals surface area contributed by atoms with E-state index in [0.717, 1.165) is 31.6 Å². The lowest BCUT2D eigenvalue weighted by Crippen LogP contribution is -2.42. The van der Waals surface area contributed by atoms with Crippen molar-refractivity contribution in [3.05, 3.63) is 29.3 Å². The molecule has 1 aliphatic rings. The van der Waals surface area contributed by atoms with Gasteiger partial charge in [-0.25, -0.2) is 0 Å². The minimum Gasteiger partial charge on any atom is -0.497 e. The molecule has 1 heterocycles. The quantitative estimate of drug-likeness (QED) is 0.840. The molecule has 1 aromatic rings. The highest BCUT2D eigenvalue weighted by molar-refractivity contribution is 5.79. The number of hydrogen-bond donors (Lipinski definition) is 0. The highest BCUT2D eigenvalue weighted by Crippen LogP contribution is 2.33. The van der Waals surface area contributed by atoms with Gasteiger partial charge in [0, 0.05) is 12.5 Å². The molecule has 2 rings (SSSR count). The van der Waals surface area contributed by atoms with E-state index < -0.39 is 0 Å². The SMILES string of the molecule is CCC(CC)C(=O)N1CCc2ccc(OC)cc2C1C. The van der Waals surface area contributed by atoms with E-state index in [0.29, 0.717) is 5.91 Å². The van der Waals surface area contributed by atoms with Crippen LogP contribution in [0.2, 0.25) is 0 Å². The molecule has 0 saturated heterocycles. The molecule has 0 fully saturated rings. The Morgan fingerprint density at radius 2 is 2.10 bits per heavy atom. The Morgan fingerprint density at radius 3 is 2.70 bits per heavy atom. The van der Waals surface area contributed by atoms with Crippen LogP contribution in [-0.2, 0) is 11.2 Å². The Labute approximate surface area is 121 Å². The van der Waals surface area contributed by atoms with E-state index in [-0.39, 0.29) is 12.0 Å². The number of methoxy groups -OCH3 is 1. The van der Waals surface area contributed by atoms with Gasteiger partial charge in [-0.15, -0.1) is 0 Å². The molecule has 0 saturated carbocycles. The predicted molar refractivity (Wildman–Crippen MR) is 80.9 cm³/mol. The van der Waals surface area contributed by atoms with Crippen LogP contribution < -0.4 is 4.74 Å². The van der Waals surface area contributed by atoms with E-state index in [9.17, 15) is 4.79 Å². The molecule has 110 valence electrons. The summed E-state index contributed by atoms with van der Waals surface area (Å²) < 4.78 is 5.31. The number of amides is 1. The molecule has 20 heavy (non-hydrogen) atoms. The molecule has 0 aromatic heterocycles. The molecule has 1 unspecified atom stereocenters. The fourth-order valence-corrected chi connectivity index (χ4v) is 3.09. The van der Waals surface area contributed by atoms with Crippen LogP contribution in [0, 0.1) is 5.92 Å². The van der Waals surface area contributed by atoms with E-state index in [2.05, 4.69) is 32.9 Å². The van der Waals surface area contributed by atoms with Crippen LogP contribution in [0.1, 0.15) is 50.8 Å². The second-order valence-electron chi connectivity index (χ2n) is 5.54. The van der Waals surface area contributed by atoms with Crippen LogP contribution in [0.3, 0.4) is 0 Å². The topological polar surface area (TPSA) is 29.5 Å². The maximum absolute atomic E-state index is 12.6. The van der Waals surface area contributed by atoms with Gasteiger partial charge in [0.2, 0.25) is 5.91 Å². The summed E-state index contributed by atoms with van der Waals surface area (Å²) in [6.07, 6.45) is 2.78. The maximum atomic E-state index is 12.6. The number of fused-ring (bicyclic) bond motifs is 1. The predicted octanol–water partition coefficient (Wildman–Crippen LogP) is 3.58. The molecule has 0 bridgehead atoms. The van der Waals surface area contributed by atoms with Gasteiger partial charge in [-0.3, -0.25) is 4.79 Å². The molecule has 0 spiro atoms. The molecule has 1 amide bonds. The third-order valence-corrected chi connectivity index (χ3v) is 4.51. The van der Waals surface area contributed by atoms with Gasteiger partial charge in [0.15, 0.2) is 0 Å². The third kappa shape index (κ3) is 2.67. The fraction of sp³-hybridized carbons (Fsp3) is 0.588. The second-order valence-corrected chi connectivity index (χ2v) is 5.54. The molecule has 1 aromatic carbocycles. The molecule has 3 heteroatoms. The maximum Gasteiger partial charge on any atom is 0.226 e. The Bertz CT molecular complexity index is 480. The van der Waals surface area contributed by atoms with E-state index in [1.54, 1.807) is 7.11 Å². The van der Waals surface area contributed by atoms with Crippen molar-refractivity contribution < 1.29 is 9.53 Å². The van der Waals surface area contributed by atoms with E-state index in [4.69, 9.17) is 4.74 Å². The number of nitrogens with zero attached hydrogens (tertiary/aromatic N) is 1. The van der Waals surface area contributed by atoms with E-state index >= 15 is 0 Å². The normalized spacial score (nSPS) is 18.1. The first-order valence-corrected chi connectivity index (χ1v) is 7.59. The Morgan fingerprint density at radius 1 is 1.40 bits per heavy atom. The van der Waals surface area contributed by atoms with Crippen molar-refractivity contribution in [2.45, 2.75) is 46.1 Å². The average Bonchev–Trinajstić information content (AvgIpc) is 2.48. The number of carbonyl (C=O) groups is 1. The Hall–Kier alpha value is -1.51. The molecule has 3 nitrogen and oxygen atoms in total. The highest BCUT2D eigenvalue weighted by Gasteiger charge is 2.30. The minimum atomic E-state index is 0.141. The zero-order valence-corrected chi connectivity index (χ0v) is 13.0. The zero-order valence-electron chi connectivity index (χ0n) is 13.0. The smallest absolute Gasteiger partial charge is 0.226 e.